The molecule has 4 heteroatoms. The van der Waals surface area contributed by atoms with Gasteiger partial charge in [0.25, 0.3) is 0 Å². The molecule has 66 valence electrons. The molecule has 0 saturated heterocycles. The maximum Gasteiger partial charge on any atom is 0.129 e. The zero-order chi connectivity index (χ0) is 9.14. The molecule has 0 aliphatic rings. The van der Waals surface area contributed by atoms with Gasteiger partial charge in [-0.25, -0.2) is 8.78 Å². The molecule has 0 fully saturated rings. The Labute approximate surface area is 75.2 Å². The second kappa shape index (κ2) is 3.87. The number of thiol groups is 1. The van der Waals surface area contributed by atoms with Gasteiger partial charge < -0.3 is 5.32 Å². The molecule has 12 heavy (non-hydrogen) atoms. The van der Waals surface area contributed by atoms with Crippen LogP contribution in [0.25, 0.3) is 0 Å². The van der Waals surface area contributed by atoms with Crippen LogP contribution in [0.15, 0.2) is 18.2 Å². The van der Waals surface area contributed by atoms with Gasteiger partial charge in [0.2, 0.25) is 0 Å². The lowest BCUT2D eigenvalue weighted by atomic mass is 10.2. The smallest absolute Gasteiger partial charge is 0.129 e. The van der Waals surface area contributed by atoms with Gasteiger partial charge in [0.15, 0.2) is 0 Å². The van der Waals surface area contributed by atoms with Gasteiger partial charge in [-0.1, -0.05) is 0 Å². The SMILES string of the molecule is CNC(S)c1cc(F)ccc1F. The molecule has 0 aliphatic carbocycles. The summed E-state index contributed by atoms with van der Waals surface area (Å²) in [5.74, 6) is -0.911. The summed E-state index contributed by atoms with van der Waals surface area (Å²) < 4.78 is 25.6. The predicted molar refractivity (Wildman–Crippen MR) is 47.1 cm³/mol. The Morgan fingerprint density at radius 3 is 2.67 bits per heavy atom. The van der Waals surface area contributed by atoms with Crippen molar-refractivity contribution in [3.63, 3.8) is 0 Å². The topological polar surface area (TPSA) is 12.0 Å². The number of hydrogen-bond donors (Lipinski definition) is 2. The van der Waals surface area contributed by atoms with Crippen LogP contribution in [0, 0.1) is 11.6 Å². The van der Waals surface area contributed by atoms with E-state index in [4.69, 9.17) is 0 Å². The van der Waals surface area contributed by atoms with E-state index in [0.717, 1.165) is 18.2 Å². The van der Waals surface area contributed by atoms with Crippen molar-refractivity contribution in [3.05, 3.63) is 35.4 Å². The van der Waals surface area contributed by atoms with E-state index in [-0.39, 0.29) is 5.56 Å². The minimum atomic E-state index is -0.472. The standard InChI is InChI=1S/C8H9F2NS/c1-11-8(12)6-4-5(9)2-3-7(6)10/h2-4,8,11-12H,1H3. The molecule has 1 unspecified atom stereocenters. The molecule has 1 atom stereocenters. The van der Waals surface area contributed by atoms with Crippen molar-refractivity contribution in [2.24, 2.45) is 0 Å². The lowest BCUT2D eigenvalue weighted by Gasteiger charge is -2.10. The second-order valence-electron chi connectivity index (χ2n) is 2.36. The summed E-state index contributed by atoms with van der Waals surface area (Å²) in [7, 11) is 1.63. The first-order valence-corrected chi connectivity index (χ1v) is 3.97. The molecule has 0 spiro atoms. The Morgan fingerprint density at radius 2 is 2.08 bits per heavy atom. The highest BCUT2D eigenvalue weighted by Crippen LogP contribution is 2.20. The minimum absolute atomic E-state index is 0.223. The molecule has 1 aromatic rings. The summed E-state index contributed by atoms with van der Waals surface area (Å²) in [6.45, 7) is 0. The van der Waals surface area contributed by atoms with E-state index in [2.05, 4.69) is 17.9 Å². The van der Waals surface area contributed by atoms with Crippen LogP contribution in [0.3, 0.4) is 0 Å². The largest absolute Gasteiger partial charge is 0.305 e. The molecule has 0 saturated carbocycles. The molecule has 0 radical (unpaired) electrons. The lowest BCUT2D eigenvalue weighted by Crippen LogP contribution is -2.11. The molecule has 0 amide bonds. The van der Waals surface area contributed by atoms with Gasteiger partial charge in [-0.15, -0.1) is 0 Å². The van der Waals surface area contributed by atoms with Crippen LogP contribution in [-0.4, -0.2) is 7.05 Å². The number of halogens is 2. The highest BCUT2D eigenvalue weighted by atomic mass is 32.1. The van der Waals surface area contributed by atoms with Gasteiger partial charge in [0.05, 0.1) is 5.37 Å². The molecule has 1 rings (SSSR count). The van der Waals surface area contributed by atoms with Crippen LogP contribution >= 0.6 is 12.6 Å². The molecular weight excluding hydrogens is 180 g/mol. The molecule has 0 bridgehead atoms. The van der Waals surface area contributed by atoms with E-state index < -0.39 is 17.0 Å². The van der Waals surface area contributed by atoms with Crippen molar-refractivity contribution in [2.45, 2.75) is 5.37 Å². The Morgan fingerprint density at radius 1 is 1.42 bits per heavy atom. The lowest BCUT2D eigenvalue weighted by molar-refractivity contribution is 0.576. The summed E-state index contributed by atoms with van der Waals surface area (Å²) in [4.78, 5) is 0. The monoisotopic (exact) mass is 189 g/mol. The maximum atomic E-state index is 13.0. The normalized spacial score (nSPS) is 13.0. The third-order valence-corrected chi connectivity index (χ3v) is 2.06. The van der Waals surface area contributed by atoms with Crippen molar-refractivity contribution < 1.29 is 8.78 Å². The summed E-state index contributed by atoms with van der Waals surface area (Å²) in [6.07, 6.45) is 0. The fourth-order valence-corrected chi connectivity index (χ4v) is 1.08. The van der Waals surface area contributed by atoms with Gasteiger partial charge in [0, 0.05) is 5.56 Å². The third-order valence-electron chi connectivity index (χ3n) is 1.53. The van der Waals surface area contributed by atoms with E-state index in [0.29, 0.717) is 0 Å². The second-order valence-corrected chi connectivity index (χ2v) is 2.87. The van der Waals surface area contributed by atoms with Crippen LogP contribution in [0.4, 0.5) is 8.78 Å². The summed E-state index contributed by atoms with van der Waals surface area (Å²) >= 11 is 4.02. The van der Waals surface area contributed by atoms with Crippen molar-refractivity contribution >= 4 is 12.6 Å². The third kappa shape index (κ3) is 1.95. The molecule has 0 aliphatic heterocycles. The van der Waals surface area contributed by atoms with E-state index in [1.54, 1.807) is 7.05 Å². The Kier molecular flexibility index (Phi) is 3.05. The Bertz CT molecular complexity index is 278. The number of rotatable bonds is 2. The van der Waals surface area contributed by atoms with Gasteiger partial charge in [-0.05, 0) is 25.2 Å². The molecule has 0 heterocycles. The zero-order valence-corrected chi connectivity index (χ0v) is 7.41. The summed E-state index contributed by atoms with van der Waals surface area (Å²) in [6, 6.07) is 3.30. The first-order valence-electron chi connectivity index (χ1n) is 3.45. The molecular formula is C8H9F2NS. The quantitative estimate of drug-likeness (QED) is 0.536. The van der Waals surface area contributed by atoms with Gasteiger partial charge in [0.1, 0.15) is 11.6 Å². The average Bonchev–Trinajstić information content (AvgIpc) is 2.08. The minimum Gasteiger partial charge on any atom is -0.305 e. The van der Waals surface area contributed by atoms with E-state index in [9.17, 15) is 8.78 Å². The fraction of sp³-hybridized carbons (Fsp3) is 0.250. The Hall–Kier alpha value is -0.610. The van der Waals surface area contributed by atoms with Crippen LogP contribution in [0.5, 0.6) is 0 Å². The maximum absolute atomic E-state index is 13.0. The van der Waals surface area contributed by atoms with E-state index in [1.807, 2.05) is 0 Å². The number of nitrogens with one attached hydrogen (secondary N) is 1. The van der Waals surface area contributed by atoms with Crippen molar-refractivity contribution in [2.75, 3.05) is 7.05 Å². The molecule has 0 aromatic heterocycles. The average molecular weight is 189 g/mol. The predicted octanol–water partition coefficient (Wildman–Crippen LogP) is 2.11. The van der Waals surface area contributed by atoms with Gasteiger partial charge in [-0.3, -0.25) is 0 Å². The summed E-state index contributed by atoms with van der Waals surface area (Å²) in [5.41, 5.74) is 0.223. The van der Waals surface area contributed by atoms with Crippen LogP contribution < -0.4 is 5.32 Å². The Balaban J connectivity index is 3.04. The van der Waals surface area contributed by atoms with Crippen molar-refractivity contribution in [3.8, 4) is 0 Å². The number of hydrogen-bond acceptors (Lipinski definition) is 2. The van der Waals surface area contributed by atoms with Gasteiger partial charge in [-0.2, -0.15) is 12.6 Å². The van der Waals surface area contributed by atoms with Crippen LogP contribution in [0.1, 0.15) is 10.9 Å². The van der Waals surface area contributed by atoms with Crippen LogP contribution in [-0.2, 0) is 0 Å². The number of benzene rings is 1. The fourth-order valence-electron chi connectivity index (χ4n) is 0.880. The van der Waals surface area contributed by atoms with E-state index >= 15 is 0 Å². The van der Waals surface area contributed by atoms with Crippen molar-refractivity contribution in [1.82, 2.24) is 5.32 Å². The van der Waals surface area contributed by atoms with Gasteiger partial charge >= 0.3 is 0 Å². The van der Waals surface area contributed by atoms with Crippen LogP contribution in [0.2, 0.25) is 0 Å². The zero-order valence-electron chi connectivity index (χ0n) is 6.51. The first kappa shape index (κ1) is 9.48. The molecule has 1 nitrogen and oxygen atoms in total. The first-order chi connectivity index (χ1) is 5.65. The van der Waals surface area contributed by atoms with Crippen molar-refractivity contribution in [1.29, 1.82) is 0 Å². The molecule has 1 N–H and O–H groups in total. The summed E-state index contributed by atoms with van der Waals surface area (Å²) in [5, 5.41) is 2.24. The highest BCUT2D eigenvalue weighted by Gasteiger charge is 2.09. The molecule has 1 aromatic carbocycles. The highest BCUT2D eigenvalue weighted by molar-refractivity contribution is 7.80. The van der Waals surface area contributed by atoms with E-state index in [1.165, 1.54) is 0 Å².